The van der Waals surface area contributed by atoms with Gasteiger partial charge in [0.2, 0.25) is 0 Å². The zero-order valence-corrected chi connectivity index (χ0v) is 18.3. The van der Waals surface area contributed by atoms with Crippen LogP contribution in [0.2, 0.25) is 0 Å². The molecular weight excluding hydrogens is 437 g/mol. The van der Waals surface area contributed by atoms with E-state index in [4.69, 9.17) is 0 Å². The Kier molecular flexibility index (Phi) is 6.44. The van der Waals surface area contributed by atoms with Crippen molar-refractivity contribution in [1.29, 1.82) is 0 Å². The van der Waals surface area contributed by atoms with Gasteiger partial charge in [-0.1, -0.05) is 6.92 Å². The number of piperazine rings is 1. The van der Waals surface area contributed by atoms with E-state index in [0.717, 1.165) is 31.0 Å². The van der Waals surface area contributed by atoms with E-state index < -0.39 is 28.3 Å². The lowest BCUT2D eigenvalue weighted by Gasteiger charge is -2.37. The molecule has 0 spiro atoms. The van der Waals surface area contributed by atoms with Crippen molar-refractivity contribution in [3.8, 4) is 0 Å². The molecule has 0 aromatic heterocycles. The number of carbonyl (C=O) groups excluding carboxylic acids is 1. The topological polar surface area (TPSA) is 69.9 Å². The van der Waals surface area contributed by atoms with Crippen molar-refractivity contribution >= 4 is 23.0 Å². The molecular formula is C23H25F3N4O3. The standard InChI is InChI=1S/C23H25F3N4O3/c1-15-4-6-27(7-5-15)20-14-21(22(30(32)33)13-19(20)26)28-8-10-29(11-9-28)23(31)17-3-2-16(24)12-18(17)25/h2-3,12-15H,4-11H2,1H3. The summed E-state index contributed by atoms with van der Waals surface area (Å²) in [6.45, 7) is 4.42. The molecule has 2 saturated heterocycles. The van der Waals surface area contributed by atoms with Gasteiger partial charge in [-0.2, -0.15) is 0 Å². The Bertz CT molecular complexity index is 1070. The van der Waals surface area contributed by atoms with Crippen molar-refractivity contribution in [2.45, 2.75) is 19.8 Å². The summed E-state index contributed by atoms with van der Waals surface area (Å²) >= 11 is 0. The highest BCUT2D eigenvalue weighted by atomic mass is 19.1. The first kappa shape index (κ1) is 22.9. The van der Waals surface area contributed by atoms with E-state index in [9.17, 15) is 28.1 Å². The van der Waals surface area contributed by atoms with Gasteiger partial charge in [-0.15, -0.1) is 0 Å². The Labute approximate surface area is 189 Å². The first-order valence-electron chi connectivity index (χ1n) is 11.0. The normalized spacial score (nSPS) is 17.4. The van der Waals surface area contributed by atoms with Gasteiger partial charge in [0.25, 0.3) is 11.6 Å². The molecule has 0 bridgehead atoms. The molecule has 2 aliphatic rings. The highest BCUT2D eigenvalue weighted by molar-refractivity contribution is 5.94. The van der Waals surface area contributed by atoms with Crippen LogP contribution in [0.15, 0.2) is 30.3 Å². The highest BCUT2D eigenvalue weighted by Gasteiger charge is 2.30. The lowest BCUT2D eigenvalue weighted by atomic mass is 9.98. The summed E-state index contributed by atoms with van der Waals surface area (Å²) in [6, 6.07) is 5.29. The molecule has 33 heavy (non-hydrogen) atoms. The average Bonchev–Trinajstić information content (AvgIpc) is 2.79. The Morgan fingerprint density at radius 2 is 1.55 bits per heavy atom. The van der Waals surface area contributed by atoms with E-state index in [-0.39, 0.29) is 37.4 Å². The summed E-state index contributed by atoms with van der Waals surface area (Å²) in [5.41, 5.74) is 0.0923. The second kappa shape index (κ2) is 9.29. The number of halogens is 3. The van der Waals surface area contributed by atoms with Crippen molar-refractivity contribution in [1.82, 2.24) is 4.90 Å². The summed E-state index contributed by atoms with van der Waals surface area (Å²) in [4.78, 5) is 28.8. The SMILES string of the molecule is CC1CCN(c2cc(N3CCN(C(=O)c4ccc(F)cc4F)CC3)c([N+](=O)[O-])cc2F)CC1. The second-order valence-electron chi connectivity index (χ2n) is 8.62. The summed E-state index contributed by atoms with van der Waals surface area (Å²) in [5, 5.41) is 11.6. The van der Waals surface area contributed by atoms with E-state index in [1.807, 2.05) is 4.90 Å². The minimum Gasteiger partial charge on any atom is -0.369 e. The van der Waals surface area contributed by atoms with Gasteiger partial charge in [-0.3, -0.25) is 14.9 Å². The van der Waals surface area contributed by atoms with Crippen LogP contribution in [0.4, 0.5) is 30.2 Å². The molecule has 2 fully saturated rings. The van der Waals surface area contributed by atoms with Gasteiger partial charge in [-0.05, 0) is 37.0 Å². The summed E-state index contributed by atoms with van der Waals surface area (Å²) in [7, 11) is 0. The third kappa shape index (κ3) is 4.74. The molecule has 0 atom stereocenters. The fourth-order valence-corrected chi connectivity index (χ4v) is 4.42. The van der Waals surface area contributed by atoms with Crippen LogP contribution in [0.1, 0.15) is 30.1 Å². The number of nitro benzene ring substituents is 1. The summed E-state index contributed by atoms with van der Waals surface area (Å²) in [5.74, 6) is -2.34. The van der Waals surface area contributed by atoms with E-state index in [2.05, 4.69) is 6.92 Å². The van der Waals surface area contributed by atoms with Crippen LogP contribution in [0.5, 0.6) is 0 Å². The molecule has 2 heterocycles. The number of hydrogen-bond acceptors (Lipinski definition) is 5. The van der Waals surface area contributed by atoms with Crippen molar-refractivity contribution in [3.05, 3.63) is 63.5 Å². The number of benzene rings is 2. The number of rotatable bonds is 4. The molecule has 2 aliphatic heterocycles. The lowest BCUT2D eigenvalue weighted by Crippen LogP contribution is -2.49. The van der Waals surface area contributed by atoms with Crippen LogP contribution in [-0.4, -0.2) is 55.0 Å². The number of anilines is 2. The molecule has 176 valence electrons. The van der Waals surface area contributed by atoms with Crippen LogP contribution in [0.3, 0.4) is 0 Å². The maximum atomic E-state index is 14.8. The monoisotopic (exact) mass is 462 g/mol. The van der Waals surface area contributed by atoms with Crippen LogP contribution in [0, 0.1) is 33.5 Å². The van der Waals surface area contributed by atoms with Gasteiger partial charge in [0.15, 0.2) is 5.82 Å². The molecule has 0 unspecified atom stereocenters. The molecule has 10 heteroatoms. The number of nitrogens with zero attached hydrogens (tertiary/aromatic N) is 4. The zero-order valence-electron chi connectivity index (χ0n) is 18.3. The van der Waals surface area contributed by atoms with Crippen LogP contribution < -0.4 is 9.80 Å². The summed E-state index contributed by atoms with van der Waals surface area (Å²) < 4.78 is 41.9. The molecule has 0 saturated carbocycles. The third-order valence-electron chi connectivity index (χ3n) is 6.43. The minimum atomic E-state index is -0.933. The quantitative estimate of drug-likeness (QED) is 0.503. The largest absolute Gasteiger partial charge is 0.369 e. The highest BCUT2D eigenvalue weighted by Crippen LogP contribution is 2.37. The Balaban J connectivity index is 1.53. The number of carbonyl (C=O) groups is 1. The average molecular weight is 462 g/mol. The van der Waals surface area contributed by atoms with Gasteiger partial charge < -0.3 is 14.7 Å². The fraction of sp³-hybridized carbons (Fsp3) is 0.435. The fourth-order valence-electron chi connectivity index (χ4n) is 4.42. The summed E-state index contributed by atoms with van der Waals surface area (Å²) in [6.07, 6.45) is 1.85. The van der Waals surface area contributed by atoms with Crippen molar-refractivity contribution < 1.29 is 22.9 Å². The first-order valence-corrected chi connectivity index (χ1v) is 11.0. The first-order chi connectivity index (χ1) is 15.7. The number of piperidine rings is 1. The lowest BCUT2D eigenvalue weighted by molar-refractivity contribution is -0.384. The Morgan fingerprint density at radius 3 is 2.15 bits per heavy atom. The Hall–Kier alpha value is -3.30. The van der Waals surface area contributed by atoms with Crippen molar-refractivity contribution in [2.24, 2.45) is 5.92 Å². The molecule has 4 rings (SSSR count). The number of nitro groups is 1. The second-order valence-corrected chi connectivity index (χ2v) is 8.62. The van der Waals surface area contributed by atoms with E-state index >= 15 is 0 Å². The van der Waals surface area contributed by atoms with Gasteiger partial charge in [0, 0.05) is 45.3 Å². The maximum Gasteiger partial charge on any atom is 0.295 e. The van der Waals surface area contributed by atoms with Crippen LogP contribution in [0.25, 0.3) is 0 Å². The maximum absolute atomic E-state index is 14.8. The molecule has 7 nitrogen and oxygen atoms in total. The smallest absolute Gasteiger partial charge is 0.295 e. The van der Waals surface area contributed by atoms with Gasteiger partial charge in [0.05, 0.1) is 22.2 Å². The van der Waals surface area contributed by atoms with E-state index in [1.54, 1.807) is 4.90 Å². The molecule has 2 aromatic carbocycles. The predicted octanol–water partition coefficient (Wildman–Crippen LogP) is 4.21. The van der Waals surface area contributed by atoms with Crippen molar-refractivity contribution in [3.63, 3.8) is 0 Å². The van der Waals surface area contributed by atoms with Crippen molar-refractivity contribution in [2.75, 3.05) is 49.1 Å². The van der Waals surface area contributed by atoms with Gasteiger partial charge >= 0.3 is 0 Å². The van der Waals surface area contributed by atoms with Crippen LogP contribution in [-0.2, 0) is 0 Å². The number of hydrogen-bond donors (Lipinski definition) is 0. The van der Waals surface area contributed by atoms with Gasteiger partial charge in [-0.25, -0.2) is 13.2 Å². The molecule has 0 radical (unpaired) electrons. The van der Waals surface area contributed by atoms with E-state index in [1.165, 1.54) is 11.0 Å². The predicted molar refractivity (Wildman–Crippen MR) is 118 cm³/mol. The Morgan fingerprint density at radius 1 is 0.909 bits per heavy atom. The minimum absolute atomic E-state index is 0.195. The zero-order chi connectivity index (χ0) is 23.7. The number of amides is 1. The molecule has 0 N–H and O–H groups in total. The van der Waals surface area contributed by atoms with E-state index in [0.29, 0.717) is 36.4 Å². The molecule has 0 aliphatic carbocycles. The third-order valence-corrected chi connectivity index (χ3v) is 6.43. The molecule has 1 amide bonds. The molecule has 2 aromatic rings. The van der Waals surface area contributed by atoms with Crippen LogP contribution >= 0.6 is 0 Å². The van der Waals surface area contributed by atoms with Gasteiger partial charge in [0.1, 0.15) is 17.3 Å².